The van der Waals surface area contributed by atoms with Crippen molar-refractivity contribution >= 4 is 22.9 Å². The van der Waals surface area contributed by atoms with Crippen LogP contribution in [0, 0.1) is 6.92 Å². The fourth-order valence-corrected chi connectivity index (χ4v) is 3.23. The number of halogens is 1. The molecule has 0 amide bonds. The first-order valence-electron chi connectivity index (χ1n) is 7.04. The highest BCUT2D eigenvalue weighted by Crippen LogP contribution is 2.33. The van der Waals surface area contributed by atoms with Gasteiger partial charge in [0.15, 0.2) is 0 Å². The Bertz CT molecular complexity index is 615. The van der Waals surface area contributed by atoms with Gasteiger partial charge in [0.2, 0.25) is 0 Å². The highest BCUT2D eigenvalue weighted by molar-refractivity contribution is 7.16. The van der Waals surface area contributed by atoms with Crippen molar-refractivity contribution in [3.05, 3.63) is 50.7 Å². The van der Waals surface area contributed by atoms with Gasteiger partial charge in [-0.1, -0.05) is 44.5 Å². The van der Waals surface area contributed by atoms with Crippen LogP contribution >= 0.6 is 22.9 Å². The van der Waals surface area contributed by atoms with Crippen LogP contribution < -0.4 is 10.5 Å². The molecule has 1 heterocycles. The van der Waals surface area contributed by atoms with Crippen LogP contribution in [0.3, 0.4) is 0 Å². The molecule has 2 N–H and O–H groups in total. The maximum absolute atomic E-state index is 6.09. The number of benzene rings is 1. The Morgan fingerprint density at radius 1 is 1.24 bits per heavy atom. The molecule has 114 valence electrons. The zero-order chi connectivity index (χ0) is 15.6. The highest BCUT2D eigenvalue weighted by Gasteiger charge is 2.18. The van der Waals surface area contributed by atoms with E-state index in [9.17, 15) is 0 Å². The summed E-state index contributed by atoms with van der Waals surface area (Å²) in [6.45, 7) is 9.12. The molecule has 1 atom stereocenters. The van der Waals surface area contributed by atoms with Crippen LogP contribution in [0.2, 0.25) is 4.34 Å². The lowest BCUT2D eigenvalue weighted by Gasteiger charge is -2.22. The summed E-state index contributed by atoms with van der Waals surface area (Å²) in [5.41, 5.74) is 8.42. The first-order chi connectivity index (χ1) is 9.81. The van der Waals surface area contributed by atoms with Crippen LogP contribution in [-0.4, -0.2) is 6.54 Å². The van der Waals surface area contributed by atoms with Crippen molar-refractivity contribution in [1.82, 2.24) is 0 Å². The average Bonchev–Trinajstić information content (AvgIpc) is 2.82. The average molecular weight is 324 g/mol. The fourth-order valence-electron chi connectivity index (χ4n) is 2.13. The second kappa shape index (κ2) is 6.39. The molecule has 1 aromatic carbocycles. The minimum atomic E-state index is -0.151. The lowest BCUT2D eigenvalue weighted by atomic mass is 9.86. The van der Waals surface area contributed by atoms with Crippen LogP contribution in [0.4, 0.5) is 0 Å². The normalized spacial score (nSPS) is 13.2. The predicted octanol–water partition coefficient (Wildman–Crippen LogP) is 5.09. The monoisotopic (exact) mass is 323 g/mol. The molecular weight excluding hydrogens is 302 g/mol. The molecule has 0 fully saturated rings. The molecular formula is C17H22ClNOS. The SMILES string of the molecule is Cc1cc(C(C)(C)C)ccc1OC(CN)c1ccc(Cl)s1. The smallest absolute Gasteiger partial charge is 0.145 e. The van der Waals surface area contributed by atoms with Crippen molar-refractivity contribution in [2.45, 2.75) is 39.2 Å². The van der Waals surface area contributed by atoms with Gasteiger partial charge >= 0.3 is 0 Å². The van der Waals surface area contributed by atoms with Crippen molar-refractivity contribution in [1.29, 1.82) is 0 Å². The molecule has 21 heavy (non-hydrogen) atoms. The second-order valence-electron chi connectivity index (χ2n) is 6.21. The molecule has 0 spiro atoms. The number of hydrogen-bond acceptors (Lipinski definition) is 3. The highest BCUT2D eigenvalue weighted by atomic mass is 35.5. The predicted molar refractivity (Wildman–Crippen MR) is 91.6 cm³/mol. The van der Waals surface area contributed by atoms with Crippen LogP contribution in [0.15, 0.2) is 30.3 Å². The Labute approximate surface area is 135 Å². The Hall–Kier alpha value is -1.03. The molecule has 0 aliphatic heterocycles. The van der Waals surface area contributed by atoms with Crippen molar-refractivity contribution in [3.8, 4) is 5.75 Å². The first-order valence-corrected chi connectivity index (χ1v) is 8.24. The Kier molecular flexibility index (Phi) is 4.97. The van der Waals surface area contributed by atoms with Crippen LogP contribution in [0.5, 0.6) is 5.75 Å². The summed E-state index contributed by atoms with van der Waals surface area (Å²) in [7, 11) is 0. The molecule has 2 aromatic rings. The third kappa shape index (κ3) is 4.00. The Morgan fingerprint density at radius 3 is 2.43 bits per heavy atom. The van der Waals surface area contributed by atoms with Crippen LogP contribution in [-0.2, 0) is 5.41 Å². The van der Waals surface area contributed by atoms with Gasteiger partial charge in [-0.2, -0.15) is 0 Å². The molecule has 2 rings (SSSR count). The van der Waals surface area contributed by atoms with E-state index in [1.54, 1.807) is 0 Å². The van der Waals surface area contributed by atoms with Gasteiger partial charge in [-0.3, -0.25) is 0 Å². The molecule has 0 aliphatic carbocycles. The van der Waals surface area contributed by atoms with E-state index in [-0.39, 0.29) is 11.5 Å². The van der Waals surface area contributed by atoms with Gasteiger partial charge in [0, 0.05) is 11.4 Å². The van der Waals surface area contributed by atoms with Gasteiger partial charge in [-0.15, -0.1) is 11.3 Å². The van der Waals surface area contributed by atoms with E-state index in [2.05, 4.69) is 39.8 Å². The molecule has 0 aliphatic rings. The zero-order valence-electron chi connectivity index (χ0n) is 12.9. The zero-order valence-corrected chi connectivity index (χ0v) is 14.5. The lowest BCUT2D eigenvalue weighted by Crippen LogP contribution is -2.18. The van der Waals surface area contributed by atoms with Crippen LogP contribution in [0.25, 0.3) is 0 Å². The molecule has 0 saturated heterocycles. The van der Waals surface area contributed by atoms with Crippen molar-refractivity contribution in [2.24, 2.45) is 5.73 Å². The maximum Gasteiger partial charge on any atom is 0.145 e. The molecule has 0 saturated carbocycles. The number of hydrogen-bond donors (Lipinski definition) is 1. The first kappa shape index (κ1) is 16.3. The van der Waals surface area contributed by atoms with E-state index in [1.807, 2.05) is 18.2 Å². The summed E-state index contributed by atoms with van der Waals surface area (Å²) in [5, 5.41) is 0. The van der Waals surface area contributed by atoms with Crippen molar-refractivity contribution in [3.63, 3.8) is 0 Å². The summed E-state index contributed by atoms with van der Waals surface area (Å²) < 4.78 is 6.84. The van der Waals surface area contributed by atoms with Gasteiger partial charge in [0.25, 0.3) is 0 Å². The van der Waals surface area contributed by atoms with E-state index >= 15 is 0 Å². The lowest BCUT2D eigenvalue weighted by molar-refractivity contribution is 0.216. The van der Waals surface area contributed by atoms with Gasteiger partial charge in [-0.25, -0.2) is 0 Å². The van der Waals surface area contributed by atoms with Gasteiger partial charge in [0.05, 0.1) is 4.34 Å². The minimum absolute atomic E-state index is 0.137. The maximum atomic E-state index is 6.09. The summed E-state index contributed by atoms with van der Waals surface area (Å²) in [5.74, 6) is 0.878. The third-order valence-corrected chi connectivity index (χ3v) is 4.76. The fraction of sp³-hybridized carbons (Fsp3) is 0.412. The summed E-state index contributed by atoms with van der Waals surface area (Å²) in [4.78, 5) is 1.06. The van der Waals surface area contributed by atoms with Gasteiger partial charge in [0.1, 0.15) is 11.9 Å². The molecule has 0 bridgehead atoms. The van der Waals surface area contributed by atoms with Gasteiger partial charge < -0.3 is 10.5 Å². The molecule has 2 nitrogen and oxygen atoms in total. The summed E-state index contributed by atoms with van der Waals surface area (Å²) >= 11 is 7.50. The van der Waals surface area contributed by atoms with E-state index in [0.717, 1.165) is 20.5 Å². The number of ether oxygens (including phenoxy) is 1. The number of rotatable bonds is 4. The summed E-state index contributed by atoms with van der Waals surface area (Å²) in [6, 6.07) is 10.2. The van der Waals surface area contributed by atoms with Gasteiger partial charge in [-0.05, 0) is 41.7 Å². The third-order valence-electron chi connectivity index (χ3n) is 3.44. The van der Waals surface area contributed by atoms with E-state index in [0.29, 0.717) is 6.54 Å². The van der Waals surface area contributed by atoms with E-state index in [4.69, 9.17) is 22.1 Å². The van der Waals surface area contributed by atoms with E-state index < -0.39 is 0 Å². The molecule has 0 radical (unpaired) electrons. The second-order valence-corrected chi connectivity index (χ2v) is 7.96. The van der Waals surface area contributed by atoms with Crippen LogP contribution in [0.1, 0.15) is 42.9 Å². The van der Waals surface area contributed by atoms with Crippen molar-refractivity contribution < 1.29 is 4.74 Å². The largest absolute Gasteiger partial charge is 0.483 e. The summed E-state index contributed by atoms with van der Waals surface area (Å²) in [6.07, 6.45) is -0.151. The Balaban J connectivity index is 2.22. The van der Waals surface area contributed by atoms with Crippen molar-refractivity contribution in [2.75, 3.05) is 6.54 Å². The standard InChI is InChI=1S/C17H22ClNOS/c1-11-9-12(17(2,3)4)5-6-13(11)20-14(10-19)15-7-8-16(18)21-15/h5-9,14H,10,19H2,1-4H3. The number of thiophene rings is 1. The Morgan fingerprint density at radius 2 is 1.95 bits per heavy atom. The molecule has 1 aromatic heterocycles. The topological polar surface area (TPSA) is 35.2 Å². The molecule has 1 unspecified atom stereocenters. The number of nitrogens with two attached hydrogens (primary N) is 1. The number of aryl methyl sites for hydroxylation is 1. The molecule has 4 heteroatoms. The quantitative estimate of drug-likeness (QED) is 0.851. The minimum Gasteiger partial charge on any atom is -0.483 e. The van der Waals surface area contributed by atoms with E-state index in [1.165, 1.54) is 16.9 Å².